The maximum absolute atomic E-state index is 12.6. The Kier molecular flexibility index (Phi) is 11.5. The number of amides is 1. The number of carbonyl (C=O) groups is 1. The van der Waals surface area contributed by atoms with Gasteiger partial charge in [-0.1, -0.05) is 44.4 Å². The Hall–Kier alpha value is -3.10. The number of benzene rings is 3. The van der Waals surface area contributed by atoms with Gasteiger partial charge in [0, 0.05) is 11.3 Å². The van der Waals surface area contributed by atoms with Crippen molar-refractivity contribution in [2.45, 2.75) is 32.6 Å². The first-order valence-corrected chi connectivity index (χ1v) is 13.2. The van der Waals surface area contributed by atoms with E-state index >= 15 is 0 Å². The van der Waals surface area contributed by atoms with Crippen LogP contribution in [0.1, 0.15) is 43.0 Å². The number of ether oxygens (including phenoxy) is 3. The van der Waals surface area contributed by atoms with Gasteiger partial charge < -0.3 is 19.5 Å². The van der Waals surface area contributed by atoms with Crippen LogP contribution < -0.4 is 24.8 Å². The van der Waals surface area contributed by atoms with Crippen molar-refractivity contribution in [2.24, 2.45) is 0 Å². The van der Waals surface area contributed by atoms with Crippen molar-refractivity contribution >= 4 is 44.9 Å². The Morgan fingerprint density at radius 3 is 2.19 bits per heavy atom. The van der Waals surface area contributed by atoms with Crippen molar-refractivity contribution in [1.29, 1.82) is 0 Å². The largest absolute Gasteiger partial charge is 0.492 e. The average Bonchev–Trinajstić information content (AvgIpc) is 2.88. The highest BCUT2D eigenvalue weighted by Gasteiger charge is 2.11. The number of carbonyl (C=O) groups excluding carboxylic acids is 1. The molecule has 0 aliphatic rings. The number of halogens is 1. The molecular formula is C28H31BrN2O4S. The van der Waals surface area contributed by atoms with Gasteiger partial charge in [-0.25, -0.2) is 0 Å². The summed E-state index contributed by atoms with van der Waals surface area (Å²) in [5, 5.41) is 5.92. The van der Waals surface area contributed by atoms with E-state index in [2.05, 4.69) is 33.5 Å². The Balaban J connectivity index is 1.40. The van der Waals surface area contributed by atoms with Crippen LogP contribution in [-0.4, -0.2) is 30.8 Å². The Bertz CT molecular complexity index is 1110. The molecule has 0 fully saturated rings. The zero-order chi connectivity index (χ0) is 25.6. The van der Waals surface area contributed by atoms with Gasteiger partial charge in [-0.2, -0.15) is 0 Å². The summed E-state index contributed by atoms with van der Waals surface area (Å²) in [6.45, 7) is 3.71. The fourth-order valence-corrected chi connectivity index (χ4v) is 3.98. The summed E-state index contributed by atoms with van der Waals surface area (Å²) in [5.74, 6) is 1.94. The summed E-state index contributed by atoms with van der Waals surface area (Å²) in [5.41, 5.74) is 1.21. The highest BCUT2D eigenvalue weighted by Crippen LogP contribution is 2.26. The van der Waals surface area contributed by atoms with Gasteiger partial charge in [-0.15, -0.1) is 0 Å². The van der Waals surface area contributed by atoms with Crippen molar-refractivity contribution in [3.63, 3.8) is 0 Å². The quantitative estimate of drug-likeness (QED) is 0.170. The van der Waals surface area contributed by atoms with Gasteiger partial charge in [0.2, 0.25) is 0 Å². The molecule has 2 N–H and O–H groups in total. The van der Waals surface area contributed by atoms with Gasteiger partial charge in [-0.3, -0.25) is 10.1 Å². The van der Waals surface area contributed by atoms with Gasteiger partial charge in [0.1, 0.15) is 30.5 Å². The Morgan fingerprint density at radius 1 is 0.833 bits per heavy atom. The molecule has 0 aromatic heterocycles. The monoisotopic (exact) mass is 570 g/mol. The highest BCUT2D eigenvalue weighted by molar-refractivity contribution is 9.10. The highest BCUT2D eigenvalue weighted by atomic mass is 79.9. The summed E-state index contributed by atoms with van der Waals surface area (Å²) in [6, 6.07) is 22.2. The molecule has 0 saturated carbocycles. The van der Waals surface area contributed by atoms with Crippen molar-refractivity contribution in [2.75, 3.05) is 25.1 Å². The van der Waals surface area contributed by atoms with E-state index in [0.29, 0.717) is 31.1 Å². The average molecular weight is 572 g/mol. The third-order valence-electron chi connectivity index (χ3n) is 5.15. The number of nitrogens with one attached hydrogen (secondary N) is 2. The molecule has 0 saturated heterocycles. The van der Waals surface area contributed by atoms with E-state index in [0.717, 1.165) is 34.5 Å². The summed E-state index contributed by atoms with van der Waals surface area (Å²) >= 11 is 8.79. The minimum atomic E-state index is -0.305. The molecule has 190 valence electrons. The predicted molar refractivity (Wildman–Crippen MR) is 151 cm³/mol. The second-order valence-corrected chi connectivity index (χ2v) is 9.26. The molecule has 3 aromatic rings. The summed E-state index contributed by atoms with van der Waals surface area (Å²) in [7, 11) is 0. The molecule has 8 heteroatoms. The second kappa shape index (κ2) is 15.1. The van der Waals surface area contributed by atoms with Crippen LogP contribution in [0.15, 0.2) is 77.3 Å². The summed E-state index contributed by atoms with van der Waals surface area (Å²) in [4.78, 5) is 12.6. The lowest BCUT2D eigenvalue weighted by atomic mass is 10.2. The van der Waals surface area contributed by atoms with Crippen LogP contribution >= 0.6 is 28.1 Å². The van der Waals surface area contributed by atoms with Crippen molar-refractivity contribution in [1.82, 2.24) is 5.32 Å². The maximum atomic E-state index is 12.6. The molecule has 0 spiro atoms. The first-order valence-electron chi connectivity index (χ1n) is 12.0. The topological polar surface area (TPSA) is 68.8 Å². The molecule has 1 amide bonds. The van der Waals surface area contributed by atoms with Gasteiger partial charge in [0.15, 0.2) is 5.11 Å². The van der Waals surface area contributed by atoms with Gasteiger partial charge in [0.05, 0.1) is 11.1 Å². The van der Waals surface area contributed by atoms with E-state index in [1.54, 1.807) is 18.2 Å². The lowest BCUT2D eigenvalue weighted by Gasteiger charge is -2.12. The smallest absolute Gasteiger partial charge is 0.257 e. The number of para-hydroxylation sites is 1. The van der Waals surface area contributed by atoms with Crippen LogP contribution in [0.25, 0.3) is 0 Å². The Labute approximate surface area is 226 Å². The molecule has 0 atom stereocenters. The molecule has 6 nitrogen and oxygen atoms in total. The fraction of sp³-hybridized carbons (Fsp3) is 0.286. The van der Waals surface area contributed by atoms with Crippen LogP contribution in [0.4, 0.5) is 5.69 Å². The normalized spacial score (nSPS) is 10.4. The first kappa shape index (κ1) is 27.5. The standard InChI is InChI=1S/C28H31BrN2O4S/c1-2-3-4-8-17-35-26-16-11-21(20-25(26)29)27(32)31-28(36)30-22-12-14-24(15-13-22)34-19-18-33-23-9-6-5-7-10-23/h5-7,9-16,20H,2-4,8,17-19H2,1H3,(H2,30,31,32,36). The molecule has 0 radical (unpaired) electrons. The van der Waals surface area contributed by atoms with E-state index in [4.69, 9.17) is 26.4 Å². The minimum Gasteiger partial charge on any atom is -0.492 e. The molecule has 0 heterocycles. The number of hydrogen-bond acceptors (Lipinski definition) is 5. The van der Waals surface area contributed by atoms with Crippen molar-refractivity contribution in [3.8, 4) is 17.2 Å². The SMILES string of the molecule is CCCCCCOc1ccc(C(=O)NC(=S)Nc2ccc(OCCOc3ccccc3)cc2)cc1Br. The van der Waals surface area contributed by atoms with Gasteiger partial charge in [-0.05, 0) is 89.2 Å². The molecule has 3 rings (SSSR count). The first-order chi connectivity index (χ1) is 17.5. The van der Waals surface area contributed by atoms with E-state index in [1.165, 1.54) is 12.8 Å². The Morgan fingerprint density at radius 2 is 1.53 bits per heavy atom. The van der Waals surface area contributed by atoms with E-state index in [9.17, 15) is 4.79 Å². The van der Waals surface area contributed by atoms with Crippen LogP contribution in [0, 0.1) is 0 Å². The second-order valence-electron chi connectivity index (χ2n) is 8.00. The summed E-state index contributed by atoms with van der Waals surface area (Å²) in [6.07, 6.45) is 4.56. The molecular weight excluding hydrogens is 540 g/mol. The van der Waals surface area contributed by atoms with Gasteiger partial charge in [0.25, 0.3) is 5.91 Å². The van der Waals surface area contributed by atoms with Crippen LogP contribution in [0.5, 0.6) is 17.2 Å². The van der Waals surface area contributed by atoms with Crippen LogP contribution in [0.3, 0.4) is 0 Å². The number of thiocarbonyl (C=S) groups is 1. The lowest BCUT2D eigenvalue weighted by molar-refractivity contribution is 0.0977. The van der Waals surface area contributed by atoms with E-state index in [1.807, 2.05) is 54.6 Å². The van der Waals surface area contributed by atoms with Crippen molar-refractivity contribution in [3.05, 3.63) is 82.8 Å². The van der Waals surface area contributed by atoms with Crippen LogP contribution in [0.2, 0.25) is 0 Å². The number of anilines is 1. The molecule has 0 aliphatic heterocycles. The number of unbranched alkanes of at least 4 members (excludes halogenated alkanes) is 3. The van der Waals surface area contributed by atoms with Crippen molar-refractivity contribution < 1.29 is 19.0 Å². The fourth-order valence-electron chi connectivity index (χ4n) is 3.28. The molecule has 3 aromatic carbocycles. The predicted octanol–water partition coefficient (Wildman–Crippen LogP) is 6.99. The number of hydrogen-bond donors (Lipinski definition) is 2. The molecule has 0 aliphatic carbocycles. The maximum Gasteiger partial charge on any atom is 0.257 e. The molecule has 36 heavy (non-hydrogen) atoms. The molecule has 0 bridgehead atoms. The zero-order valence-electron chi connectivity index (χ0n) is 20.3. The minimum absolute atomic E-state index is 0.206. The van der Waals surface area contributed by atoms with E-state index in [-0.39, 0.29) is 11.0 Å². The third-order valence-corrected chi connectivity index (χ3v) is 5.98. The summed E-state index contributed by atoms with van der Waals surface area (Å²) < 4.78 is 17.9. The molecule has 0 unspecified atom stereocenters. The lowest BCUT2D eigenvalue weighted by Crippen LogP contribution is -2.34. The van der Waals surface area contributed by atoms with Gasteiger partial charge >= 0.3 is 0 Å². The zero-order valence-corrected chi connectivity index (χ0v) is 22.7. The van der Waals surface area contributed by atoms with E-state index < -0.39 is 0 Å². The number of rotatable bonds is 13. The van der Waals surface area contributed by atoms with Crippen LogP contribution in [-0.2, 0) is 0 Å². The third kappa shape index (κ3) is 9.51.